The summed E-state index contributed by atoms with van der Waals surface area (Å²) in [6.07, 6.45) is 0. The highest BCUT2D eigenvalue weighted by Crippen LogP contribution is 2.27. The Morgan fingerprint density at radius 1 is 0.875 bits per heavy atom. The van der Waals surface area contributed by atoms with E-state index in [1.807, 2.05) is 0 Å². The molecule has 0 fully saturated rings. The maximum absolute atomic E-state index is 10.6. The Bertz CT molecular complexity index is 914. The molecule has 2 rings (SSSR count). The predicted octanol–water partition coefficient (Wildman–Crippen LogP) is -0.114. The van der Waals surface area contributed by atoms with Crippen LogP contribution in [0.2, 0.25) is 0 Å². The van der Waals surface area contributed by atoms with Crippen molar-refractivity contribution in [2.45, 2.75) is 5.54 Å². The number of nitrogens with two attached hydrogens (primary N) is 2. The number of aliphatic hydroxyl groups is 4. The van der Waals surface area contributed by atoms with Gasteiger partial charge in [0.05, 0.1) is 47.6 Å². The topological polar surface area (TPSA) is 243 Å². The van der Waals surface area contributed by atoms with Crippen molar-refractivity contribution in [1.29, 1.82) is 0 Å². The molecule has 32 heavy (non-hydrogen) atoms. The number of nitrogens with zero attached hydrogens (tertiary/aromatic N) is 2. The van der Waals surface area contributed by atoms with Crippen molar-refractivity contribution in [2.75, 3.05) is 55.1 Å². The molecule has 2 aromatic rings. The van der Waals surface area contributed by atoms with Crippen LogP contribution in [0.5, 0.6) is 0 Å². The standard InChI is InChI=1S/C10H15N3O5.C8H11N3O3/c11-8-3-7(13(17)18)1-2-9(8)12-10(4-14,5-15)6-16;9-6-1-2-7(10-3-4-12)8(5-6)11(13)14/h1-3,12,14-16H,4-6,11H2;1-2,5,10,12H,3-4,9H2. The van der Waals surface area contributed by atoms with Crippen molar-refractivity contribution >= 4 is 34.1 Å². The summed E-state index contributed by atoms with van der Waals surface area (Å²) in [5, 5.41) is 62.5. The number of non-ortho nitro benzene ring substituents is 1. The fourth-order valence-electron chi connectivity index (χ4n) is 2.37. The maximum Gasteiger partial charge on any atom is 0.294 e. The Kier molecular flexibility index (Phi) is 10.0. The first kappa shape index (κ1) is 26.3. The molecular formula is C18H26N6O8. The Hall–Kier alpha value is -3.72. The van der Waals surface area contributed by atoms with Crippen molar-refractivity contribution in [3.05, 3.63) is 56.6 Å². The molecule has 0 saturated carbocycles. The molecule has 0 bridgehead atoms. The van der Waals surface area contributed by atoms with Gasteiger partial charge in [-0.1, -0.05) is 0 Å². The molecule has 0 aromatic heterocycles. The average Bonchev–Trinajstić information content (AvgIpc) is 2.78. The van der Waals surface area contributed by atoms with E-state index in [-0.39, 0.29) is 35.9 Å². The third kappa shape index (κ3) is 7.21. The van der Waals surface area contributed by atoms with Crippen molar-refractivity contribution in [1.82, 2.24) is 0 Å². The molecule has 2 aromatic carbocycles. The van der Waals surface area contributed by atoms with Gasteiger partial charge in [-0.3, -0.25) is 20.2 Å². The summed E-state index contributed by atoms with van der Waals surface area (Å²) in [4.78, 5) is 20.0. The van der Waals surface area contributed by atoms with Gasteiger partial charge in [-0.2, -0.15) is 0 Å². The third-order valence-electron chi connectivity index (χ3n) is 4.20. The zero-order chi connectivity index (χ0) is 24.3. The number of nitrogens with one attached hydrogen (secondary N) is 2. The Morgan fingerprint density at radius 3 is 1.94 bits per heavy atom. The van der Waals surface area contributed by atoms with E-state index in [4.69, 9.17) is 31.9 Å². The fourth-order valence-corrected chi connectivity index (χ4v) is 2.37. The zero-order valence-electron chi connectivity index (χ0n) is 17.0. The van der Waals surface area contributed by atoms with Crippen molar-refractivity contribution in [2.24, 2.45) is 0 Å². The van der Waals surface area contributed by atoms with Gasteiger partial charge in [0.2, 0.25) is 0 Å². The summed E-state index contributed by atoms with van der Waals surface area (Å²) in [5.41, 5.74) is 10.5. The van der Waals surface area contributed by atoms with Crippen LogP contribution in [0.4, 0.5) is 34.1 Å². The van der Waals surface area contributed by atoms with E-state index in [0.29, 0.717) is 11.4 Å². The number of nitro benzene ring substituents is 2. The molecule has 0 aliphatic rings. The molecular weight excluding hydrogens is 428 g/mol. The van der Waals surface area contributed by atoms with Gasteiger partial charge in [0.15, 0.2) is 0 Å². The number of rotatable bonds is 10. The molecule has 14 nitrogen and oxygen atoms in total. The van der Waals surface area contributed by atoms with Crippen LogP contribution in [0.3, 0.4) is 0 Å². The summed E-state index contributed by atoms with van der Waals surface area (Å²) in [6, 6.07) is 8.09. The largest absolute Gasteiger partial charge is 0.399 e. The van der Waals surface area contributed by atoms with Crippen molar-refractivity contribution < 1.29 is 30.3 Å². The van der Waals surface area contributed by atoms with Crippen molar-refractivity contribution in [3.63, 3.8) is 0 Å². The quantitative estimate of drug-likeness (QED) is 0.133. The van der Waals surface area contributed by atoms with Gasteiger partial charge < -0.3 is 42.5 Å². The molecule has 0 unspecified atom stereocenters. The summed E-state index contributed by atoms with van der Waals surface area (Å²) in [7, 11) is 0. The van der Waals surface area contributed by atoms with Crippen LogP contribution in [-0.4, -0.2) is 68.8 Å². The molecule has 14 heteroatoms. The zero-order valence-corrected chi connectivity index (χ0v) is 17.0. The number of aliphatic hydroxyl groups excluding tert-OH is 4. The smallest absolute Gasteiger partial charge is 0.294 e. The monoisotopic (exact) mass is 454 g/mol. The van der Waals surface area contributed by atoms with Gasteiger partial charge in [0.1, 0.15) is 11.2 Å². The van der Waals surface area contributed by atoms with Gasteiger partial charge in [-0.25, -0.2) is 0 Å². The second-order valence-electron chi connectivity index (χ2n) is 6.59. The lowest BCUT2D eigenvalue weighted by molar-refractivity contribution is -0.384. The van der Waals surface area contributed by atoms with E-state index >= 15 is 0 Å². The van der Waals surface area contributed by atoms with Crippen LogP contribution in [0.15, 0.2) is 36.4 Å². The molecule has 0 radical (unpaired) electrons. The van der Waals surface area contributed by atoms with Gasteiger partial charge in [-0.15, -0.1) is 0 Å². The molecule has 0 spiro atoms. The lowest BCUT2D eigenvalue weighted by Gasteiger charge is -2.30. The van der Waals surface area contributed by atoms with Crippen LogP contribution < -0.4 is 22.1 Å². The van der Waals surface area contributed by atoms with E-state index < -0.39 is 35.2 Å². The number of hydrogen-bond acceptors (Lipinski definition) is 12. The summed E-state index contributed by atoms with van der Waals surface area (Å²) >= 11 is 0. The first-order chi connectivity index (χ1) is 15.1. The molecule has 0 amide bonds. The number of nitrogen functional groups attached to an aromatic ring is 2. The second-order valence-corrected chi connectivity index (χ2v) is 6.59. The molecule has 0 aliphatic heterocycles. The van der Waals surface area contributed by atoms with Crippen molar-refractivity contribution in [3.8, 4) is 0 Å². The van der Waals surface area contributed by atoms with E-state index in [1.165, 1.54) is 24.3 Å². The SMILES string of the molecule is Nc1cc([N+](=O)[O-])ccc1NC(CO)(CO)CO.Nc1ccc(NCCO)c([N+](=O)[O-])c1. The minimum absolute atomic E-state index is 0.0818. The second kappa shape index (κ2) is 12.2. The number of hydrogen-bond donors (Lipinski definition) is 8. The highest BCUT2D eigenvalue weighted by Gasteiger charge is 2.28. The van der Waals surface area contributed by atoms with Gasteiger partial charge in [0, 0.05) is 30.4 Å². The highest BCUT2D eigenvalue weighted by molar-refractivity contribution is 5.70. The lowest BCUT2D eigenvalue weighted by atomic mass is 10.0. The summed E-state index contributed by atoms with van der Waals surface area (Å²) in [6.45, 7) is -1.37. The van der Waals surface area contributed by atoms with Crippen LogP contribution in [0, 0.1) is 20.2 Å². The van der Waals surface area contributed by atoms with Crippen LogP contribution in [-0.2, 0) is 0 Å². The molecule has 176 valence electrons. The van der Waals surface area contributed by atoms with Gasteiger partial charge in [-0.05, 0) is 18.2 Å². The minimum atomic E-state index is -1.33. The van der Waals surface area contributed by atoms with Gasteiger partial charge in [0.25, 0.3) is 11.4 Å². The maximum atomic E-state index is 10.6. The first-order valence-electron chi connectivity index (χ1n) is 9.16. The van der Waals surface area contributed by atoms with E-state index in [0.717, 1.165) is 6.07 Å². The average molecular weight is 454 g/mol. The van der Waals surface area contributed by atoms with Crippen LogP contribution in [0.1, 0.15) is 0 Å². The Morgan fingerprint density at radius 2 is 1.47 bits per heavy atom. The summed E-state index contributed by atoms with van der Waals surface area (Å²) in [5.74, 6) is 0. The molecule has 0 heterocycles. The number of anilines is 4. The minimum Gasteiger partial charge on any atom is -0.399 e. The molecule has 10 N–H and O–H groups in total. The normalized spacial score (nSPS) is 10.6. The summed E-state index contributed by atoms with van der Waals surface area (Å²) < 4.78 is 0. The van der Waals surface area contributed by atoms with Gasteiger partial charge >= 0.3 is 0 Å². The lowest BCUT2D eigenvalue weighted by Crippen LogP contribution is -2.49. The number of nitro groups is 2. The predicted molar refractivity (Wildman–Crippen MR) is 118 cm³/mol. The van der Waals surface area contributed by atoms with E-state index in [9.17, 15) is 20.2 Å². The van der Waals surface area contributed by atoms with E-state index in [2.05, 4.69) is 10.6 Å². The van der Waals surface area contributed by atoms with Crippen LogP contribution in [0.25, 0.3) is 0 Å². The molecule has 0 aliphatic carbocycles. The highest BCUT2D eigenvalue weighted by atomic mass is 16.6. The third-order valence-corrected chi connectivity index (χ3v) is 4.20. The van der Waals surface area contributed by atoms with Crippen LogP contribution >= 0.6 is 0 Å². The molecule has 0 atom stereocenters. The molecule has 0 saturated heterocycles. The number of benzene rings is 2. The first-order valence-corrected chi connectivity index (χ1v) is 9.16. The Labute approximate surface area is 182 Å². The van der Waals surface area contributed by atoms with E-state index in [1.54, 1.807) is 6.07 Å². The Balaban J connectivity index is 0.000000330. The fraction of sp³-hybridized carbons (Fsp3) is 0.333.